The Bertz CT molecular complexity index is 1360. The average Bonchev–Trinajstić information content (AvgIpc) is 3.49. The Hall–Kier alpha value is -3.55. The van der Waals surface area contributed by atoms with Gasteiger partial charge in [0.1, 0.15) is 5.75 Å². The lowest BCUT2D eigenvalue weighted by Gasteiger charge is -2.22. The number of halogens is 1. The monoisotopic (exact) mass is 516 g/mol. The fourth-order valence-electron chi connectivity index (χ4n) is 4.11. The van der Waals surface area contributed by atoms with E-state index in [2.05, 4.69) is 4.99 Å². The second kappa shape index (κ2) is 10.2. The second-order valence-corrected chi connectivity index (χ2v) is 10.1. The molecule has 2 heterocycles. The highest BCUT2D eigenvalue weighted by atomic mass is 35.5. The summed E-state index contributed by atoms with van der Waals surface area (Å²) in [5.41, 5.74) is 5.03. The minimum absolute atomic E-state index is 0.0999. The third-order valence-electron chi connectivity index (χ3n) is 6.10. The van der Waals surface area contributed by atoms with E-state index in [-0.39, 0.29) is 11.9 Å². The molecule has 1 atom stereocenters. The maximum atomic E-state index is 12.8. The molecule has 36 heavy (non-hydrogen) atoms. The highest BCUT2D eigenvalue weighted by molar-refractivity contribution is 8.18. The molecule has 1 amide bonds. The third-order valence-corrected chi connectivity index (χ3v) is 7.33. The highest BCUT2D eigenvalue weighted by Crippen LogP contribution is 2.40. The molecule has 0 radical (unpaired) electrons. The Balaban J connectivity index is 1.44. The number of hydrogen-bond donors (Lipinski definition) is 0. The van der Waals surface area contributed by atoms with Gasteiger partial charge < -0.3 is 9.64 Å². The molecule has 0 aromatic heterocycles. The lowest BCUT2D eigenvalue weighted by atomic mass is 9.98. The summed E-state index contributed by atoms with van der Waals surface area (Å²) in [6.45, 7) is 0. The van der Waals surface area contributed by atoms with Gasteiger partial charge in [-0.3, -0.25) is 4.79 Å². The van der Waals surface area contributed by atoms with Gasteiger partial charge in [0.05, 0.1) is 23.8 Å². The van der Waals surface area contributed by atoms with E-state index in [0.29, 0.717) is 21.5 Å². The Labute approximate surface area is 219 Å². The predicted octanol–water partition coefficient (Wildman–Crippen LogP) is 6.24. The van der Waals surface area contributed by atoms with Gasteiger partial charge in [0.25, 0.3) is 5.91 Å². The van der Waals surface area contributed by atoms with Crippen LogP contribution in [0.3, 0.4) is 0 Å². The van der Waals surface area contributed by atoms with Crippen molar-refractivity contribution in [1.82, 2.24) is 5.01 Å². The number of ether oxygens (including phenoxy) is 1. The molecule has 8 heteroatoms. The normalized spacial score (nSPS) is 18.4. The fraction of sp³-hybridized carbons (Fsp3) is 0.179. The van der Waals surface area contributed by atoms with Crippen molar-refractivity contribution in [3.05, 3.63) is 99.4 Å². The van der Waals surface area contributed by atoms with E-state index in [0.717, 1.165) is 33.8 Å². The van der Waals surface area contributed by atoms with Gasteiger partial charge in [0, 0.05) is 31.2 Å². The Morgan fingerprint density at radius 2 is 1.72 bits per heavy atom. The van der Waals surface area contributed by atoms with Crippen LogP contribution in [-0.4, -0.2) is 43.0 Å². The van der Waals surface area contributed by atoms with E-state index in [1.165, 1.54) is 11.8 Å². The molecule has 3 aromatic carbocycles. The molecule has 2 aliphatic heterocycles. The van der Waals surface area contributed by atoms with Crippen LogP contribution in [0.5, 0.6) is 5.75 Å². The van der Waals surface area contributed by atoms with Crippen LogP contribution >= 0.6 is 23.4 Å². The maximum Gasteiger partial charge on any atom is 0.286 e. The topological polar surface area (TPSA) is 57.5 Å². The van der Waals surface area contributed by atoms with Crippen LogP contribution in [0.15, 0.2) is 87.8 Å². The minimum atomic E-state index is -0.255. The van der Waals surface area contributed by atoms with Crippen molar-refractivity contribution in [3.8, 4) is 5.75 Å². The fourth-order valence-corrected chi connectivity index (χ4v) is 5.15. The van der Waals surface area contributed by atoms with E-state index in [9.17, 15) is 4.79 Å². The molecule has 2 aliphatic rings. The zero-order valence-electron chi connectivity index (χ0n) is 20.2. The smallest absolute Gasteiger partial charge is 0.286 e. The average molecular weight is 517 g/mol. The number of amidine groups is 1. The number of aliphatic imine (C=N–C) groups is 1. The van der Waals surface area contributed by atoms with Crippen LogP contribution in [0.2, 0.25) is 5.02 Å². The summed E-state index contributed by atoms with van der Waals surface area (Å²) in [5, 5.41) is 8.03. The number of benzene rings is 3. The van der Waals surface area contributed by atoms with E-state index < -0.39 is 0 Å². The first-order chi connectivity index (χ1) is 17.4. The van der Waals surface area contributed by atoms with Crippen LogP contribution in [0.1, 0.15) is 29.2 Å². The van der Waals surface area contributed by atoms with E-state index >= 15 is 0 Å². The molecule has 5 rings (SSSR count). The first kappa shape index (κ1) is 24.2. The molecular weight excluding hydrogens is 492 g/mol. The summed E-state index contributed by atoms with van der Waals surface area (Å²) in [6.07, 6.45) is 2.55. The van der Waals surface area contributed by atoms with Gasteiger partial charge in [-0.2, -0.15) is 10.1 Å². The van der Waals surface area contributed by atoms with Gasteiger partial charge in [-0.25, -0.2) is 5.01 Å². The molecule has 1 unspecified atom stereocenters. The molecule has 0 fully saturated rings. The molecule has 6 nitrogen and oxygen atoms in total. The standard InChI is InChI=1S/C28H25ClN4O2S/c1-32(2)22-12-4-18(5-13-22)16-26-27(34)30-28(36-26)33-25(20-6-10-21(29)11-7-20)17-24(31-33)19-8-14-23(35-3)15-9-19/h4-16,25H,17H2,1-3H3/b26-16-. The van der Waals surface area contributed by atoms with Crippen molar-refractivity contribution in [1.29, 1.82) is 0 Å². The van der Waals surface area contributed by atoms with Crippen LogP contribution in [-0.2, 0) is 4.79 Å². The van der Waals surface area contributed by atoms with E-state index in [1.54, 1.807) is 7.11 Å². The number of thioether (sulfide) groups is 1. The lowest BCUT2D eigenvalue weighted by molar-refractivity contribution is -0.113. The lowest BCUT2D eigenvalue weighted by Crippen LogP contribution is -2.23. The summed E-state index contributed by atoms with van der Waals surface area (Å²) in [6, 6.07) is 23.5. The van der Waals surface area contributed by atoms with Gasteiger partial charge in [-0.05, 0) is 83.1 Å². The minimum Gasteiger partial charge on any atom is -0.497 e. The van der Waals surface area contributed by atoms with Crippen molar-refractivity contribution in [2.75, 3.05) is 26.1 Å². The zero-order valence-corrected chi connectivity index (χ0v) is 21.8. The number of amides is 1. The van der Waals surface area contributed by atoms with Crippen LogP contribution in [0.25, 0.3) is 6.08 Å². The van der Waals surface area contributed by atoms with Crippen LogP contribution in [0, 0.1) is 0 Å². The summed E-state index contributed by atoms with van der Waals surface area (Å²) in [5.74, 6) is 0.535. The van der Waals surface area contributed by atoms with Crippen LogP contribution < -0.4 is 9.64 Å². The summed E-state index contributed by atoms with van der Waals surface area (Å²) >= 11 is 7.49. The van der Waals surface area contributed by atoms with Crippen molar-refractivity contribution in [2.24, 2.45) is 10.1 Å². The van der Waals surface area contributed by atoms with Gasteiger partial charge in [-0.15, -0.1) is 0 Å². The first-order valence-electron chi connectivity index (χ1n) is 11.5. The predicted molar refractivity (Wildman–Crippen MR) is 149 cm³/mol. The number of carbonyl (C=O) groups is 1. The number of nitrogens with zero attached hydrogens (tertiary/aromatic N) is 4. The zero-order chi connectivity index (χ0) is 25.2. The number of anilines is 1. The summed E-state index contributed by atoms with van der Waals surface area (Å²) < 4.78 is 5.30. The number of hydrogen-bond acceptors (Lipinski definition) is 6. The number of carbonyl (C=O) groups excluding carboxylic acids is 1. The summed E-state index contributed by atoms with van der Waals surface area (Å²) in [7, 11) is 5.64. The Morgan fingerprint density at radius 1 is 1.03 bits per heavy atom. The highest BCUT2D eigenvalue weighted by Gasteiger charge is 2.36. The molecule has 3 aromatic rings. The Morgan fingerprint density at radius 3 is 2.36 bits per heavy atom. The second-order valence-electron chi connectivity index (χ2n) is 8.69. The number of hydrazone groups is 1. The number of rotatable bonds is 5. The van der Waals surface area contributed by atoms with Crippen molar-refractivity contribution in [3.63, 3.8) is 0 Å². The van der Waals surface area contributed by atoms with Gasteiger partial charge in [0.2, 0.25) is 0 Å². The SMILES string of the molecule is COc1ccc(C2=NN(C3=NC(=O)/C(=C/c4ccc(N(C)C)cc4)S3)C(c3ccc(Cl)cc3)C2)cc1. The van der Waals surface area contributed by atoms with Crippen molar-refractivity contribution < 1.29 is 9.53 Å². The van der Waals surface area contributed by atoms with Crippen molar-refractivity contribution >= 4 is 51.9 Å². The molecule has 0 saturated heterocycles. The maximum absolute atomic E-state index is 12.8. The van der Waals surface area contributed by atoms with Gasteiger partial charge >= 0.3 is 0 Å². The van der Waals surface area contributed by atoms with Gasteiger partial charge in [-0.1, -0.05) is 35.9 Å². The molecule has 0 saturated carbocycles. The Kier molecular flexibility index (Phi) is 6.85. The molecule has 0 aliphatic carbocycles. The molecule has 0 N–H and O–H groups in total. The first-order valence-corrected chi connectivity index (χ1v) is 12.7. The van der Waals surface area contributed by atoms with Gasteiger partial charge in [0.15, 0.2) is 5.17 Å². The molecule has 0 bridgehead atoms. The van der Waals surface area contributed by atoms with Crippen molar-refractivity contribution in [2.45, 2.75) is 12.5 Å². The molecular formula is C28H25ClN4O2S. The third kappa shape index (κ3) is 5.03. The summed E-state index contributed by atoms with van der Waals surface area (Å²) in [4.78, 5) is 19.8. The van der Waals surface area contributed by atoms with Crippen LogP contribution in [0.4, 0.5) is 5.69 Å². The van der Waals surface area contributed by atoms with E-state index in [4.69, 9.17) is 21.4 Å². The molecule has 0 spiro atoms. The number of methoxy groups -OCH3 is 1. The quantitative estimate of drug-likeness (QED) is 0.376. The largest absolute Gasteiger partial charge is 0.497 e. The molecule has 182 valence electrons. The van der Waals surface area contributed by atoms with E-state index in [1.807, 2.05) is 103 Å².